The van der Waals surface area contributed by atoms with Crippen molar-refractivity contribution < 1.29 is 14.6 Å². The van der Waals surface area contributed by atoms with Crippen molar-refractivity contribution in [1.82, 2.24) is 5.43 Å². The Hall–Kier alpha value is -2.69. The van der Waals surface area contributed by atoms with Gasteiger partial charge in [-0.25, -0.2) is 10.2 Å². The van der Waals surface area contributed by atoms with Crippen LogP contribution >= 0.6 is 0 Å². The number of benzene rings is 2. The standard InChI is InChI=1S/C14H14N2O3/c1-19-13-8-7-11(10-5-3-2-4-6-10)9-12(13)15-16-14(17)18/h2-9,15-16H,1H3,(H,17,18). The Morgan fingerprint density at radius 2 is 1.84 bits per heavy atom. The first-order valence-electron chi connectivity index (χ1n) is 5.69. The molecule has 1 amide bonds. The number of anilines is 1. The van der Waals surface area contributed by atoms with E-state index in [1.165, 1.54) is 7.11 Å². The summed E-state index contributed by atoms with van der Waals surface area (Å²) in [6.07, 6.45) is -1.16. The van der Waals surface area contributed by atoms with Crippen molar-refractivity contribution in [3.05, 3.63) is 48.5 Å². The van der Waals surface area contributed by atoms with Gasteiger partial charge in [-0.05, 0) is 23.3 Å². The smallest absolute Gasteiger partial charge is 0.423 e. The van der Waals surface area contributed by atoms with Crippen LogP contribution in [-0.2, 0) is 0 Å². The van der Waals surface area contributed by atoms with E-state index in [0.29, 0.717) is 11.4 Å². The molecule has 0 aromatic heterocycles. The first-order valence-corrected chi connectivity index (χ1v) is 5.69. The van der Waals surface area contributed by atoms with Crippen LogP contribution in [0, 0.1) is 0 Å². The molecule has 0 aliphatic heterocycles. The molecule has 0 saturated heterocycles. The van der Waals surface area contributed by atoms with Crippen molar-refractivity contribution in [1.29, 1.82) is 0 Å². The highest BCUT2D eigenvalue weighted by Gasteiger charge is 2.06. The Bertz CT molecular complexity index is 570. The van der Waals surface area contributed by atoms with Crippen LogP contribution in [0.25, 0.3) is 11.1 Å². The number of carbonyl (C=O) groups is 1. The van der Waals surface area contributed by atoms with E-state index in [9.17, 15) is 4.79 Å². The summed E-state index contributed by atoms with van der Waals surface area (Å²) in [6, 6.07) is 15.3. The summed E-state index contributed by atoms with van der Waals surface area (Å²) in [4.78, 5) is 10.5. The van der Waals surface area contributed by atoms with Crippen LogP contribution in [0.2, 0.25) is 0 Å². The fourth-order valence-electron chi connectivity index (χ4n) is 1.74. The zero-order chi connectivity index (χ0) is 13.7. The minimum absolute atomic E-state index is 0.561. The fourth-order valence-corrected chi connectivity index (χ4v) is 1.74. The highest BCUT2D eigenvalue weighted by molar-refractivity contribution is 5.74. The highest BCUT2D eigenvalue weighted by atomic mass is 16.5. The Kier molecular flexibility index (Phi) is 3.87. The lowest BCUT2D eigenvalue weighted by Gasteiger charge is -2.12. The van der Waals surface area contributed by atoms with Crippen molar-refractivity contribution in [2.45, 2.75) is 0 Å². The van der Waals surface area contributed by atoms with Crippen LogP contribution in [0.3, 0.4) is 0 Å². The summed E-state index contributed by atoms with van der Waals surface area (Å²) in [5, 5.41) is 8.61. The molecule has 19 heavy (non-hydrogen) atoms. The third-order valence-corrected chi connectivity index (χ3v) is 2.61. The monoisotopic (exact) mass is 258 g/mol. The molecule has 0 saturated carbocycles. The third-order valence-electron chi connectivity index (χ3n) is 2.61. The van der Waals surface area contributed by atoms with Crippen molar-refractivity contribution in [3.8, 4) is 16.9 Å². The summed E-state index contributed by atoms with van der Waals surface area (Å²) < 4.78 is 5.17. The lowest BCUT2D eigenvalue weighted by atomic mass is 10.1. The van der Waals surface area contributed by atoms with Gasteiger partial charge in [0.2, 0.25) is 0 Å². The van der Waals surface area contributed by atoms with Crippen LogP contribution in [0.15, 0.2) is 48.5 Å². The van der Waals surface area contributed by atoms with E-state index >= 15 is 0 Å². The number of ether oxygens (including phenoxy) is 1. The molecule has 2 aromatic rings. The van der Waals surface area contributed by atoms with Crippen LogP contribution in [-0.4, -0.2) is 18.3 Å². The van der Waals surface area contributed by atoms with Gasteiger partial charge in [-0.1, -0.05) is 36.4 Å². The molecule has 5 nitrogen and oxygen atoms in total. The van der Waals surface area contributed by atoms with Gasteiger partial charge in [-0.15, -0.1) is 0 Å². The molecule has 0 spiro atoms. The summed E-state index contributed by atoms with van der Waals surface area (Å²) in [5.41, 5.74) is 7.28. The predicted molar refractivity (Wildman–Crippen MR) is 73.2 cm³/mol. The molecule has 0 radical (unpaired) electrons. The summed E-state index contributed by atoms with van der Waals surface area (Å²) in [6.45, 7) is 0. The molecule has 98 valence electrons. The van der Waals surface area contributed by atoms with Gasteiger partial charge in [0, 0.05) is 0 Å². The minimum Gasteiger partial charge on any atom is -0.495 e. The van der Waals surface area contributed by atoms with E-state index in [1.54, 1.807) is 6.07 Å². The highest BCUT2D eigenvalue weighted by Crippen LogP contribution is 2.29. The first kappa shape index (κ1) is 12.8. The maximum atomic E-state index is 10.5. The Morgan fingerprint density at radius 3 is 2.47 bits per heavy atom. The van der Waals surface area contributed by atoms with Gasteiger partial charge < -0.3 is 9.84 Å². The zero-order valence-electron chi connectivity index (χ0n) is 10.4. The first-order chi connectivity index (χ1) is 9.20. The van der Waals surface area contributed by atoms with Gasteiger partial charge in [0.05, 0.1) is 12.8 Å². The molecule has 2 aromatic carbocycles. The SMILES string of the molecule is COc1ccc(-c2ccccc2)cc1NNC(=O)O. The lowest BCUT2D eigenvalue weighted by Crippen LogP contribution is -2.27. The van der Waals surface area contributed by atoms with Crippen molar-refractivity contribution in [2.75, 3.05) is 12.5 Å². The zero-order valence-corrected chi connectivity index (χ0v) is 10.4. The number of rotatable bonds is 4. The summed E-state index contributed by atoms with van der Waals surface area (Å²) >= 11 is 0. The van der Waals surface area contributed by atoms with E-state index in [2.05, 4.69) is 10.9 Å². The lowest BCUT2D eigenvalue weighted by molar-refractivity contribution is 0.197. The van der Waals surface area contributed by atoms with Crippen LogP contribution in [0.4, 0.5) is 10.5 Å². The molecule has 0 unspecified atom stereocenters. The Labute approximate surface area is 110 Å². The molecule has 0 fully saturated rings. The third kappa shape index (κ3) is 3.16. The number of methoxy groups -OCH3 is 1. The maximum absolute atomic E-state index is 10.5. The van der Waals surface area contributed by atoms with Gasteiger partial charge in [-0.2, -0.15) is 0 Å². The molecule has 2 rings (SSSR count). The molecule has 0 aliphatic rings. The second kappa shape index (κ2) is 5.77. The molecule has 3 N–H and O–H groups in total. The number of hydrazine groups is 1. The van der Waals surface area contributed by atoms with Gasteiger partial charge >= 0.3 is 6.09 Å². The van der Waals surface area contributed by atoms with Gasteiger partial charge in [0.1, 0.15) is 5.75 Å². The van der Waals surface area contributed by atoms with E-state index < -0.39 is 6.09 Å². The number of amides is 1. The molecular formula is C14H14N2O3. The second-order valence-electron chi connectivity index (χ2n) is 3.84. The number of nitrogens with one attached hydrogen (secondary N) is 2. The van der Waals surface area contributed by atoms with Crippen molar-refractivity contribution in [3.63, 3.8) is 0 Å². The van der Waals surface area contributed by atoms with Crippen LogP contribution < -0.4 is 15.6 Å². The number of hydrogen-bond donors (Lipinski definition) is 3. The quantitative estimate of drug-likeness (QED) is 0.737. The molecule has 0 heterocycles. The fraction of sp³-hybridized carbons (Fsp3) is 0.0714. The number of carboxylic acid groups (broad SMARTS) is 1. The summed E-state index contributed by atoms with van der Waals surface area (Å²) in [7, 11) is 1.53. The molecule has 0 atom stereocenters. The average Bonchev–Trinajstić information content (AvgIpc) is 2.45. The van der Waals surface area contributed by atoms with E-state index in [-0.39, 0.29) is 0 Å². The molecule has 0 bridgehead atoms. The molecular weight excluding hydrogens is 244 g/mol. The predicted octanol–water partition coefficient (Wildman–Crippen LogP) is 2.96. The molecule has 0 aliphatic carbocycles. The van der Waals surface area contributed by atoms with Crippen LogP contribution in [0.1, 0.15) is 0 Å². The number of hydrogen-bond acceptors (Lipinski definition) is 3. The minimum atomic E-state index is -1.16. The maximum Gasteiger partial charge on any atom is 0.423 e. The van der Waals surface area contributed by atoms with Gasteiger partial charge in [0.15, 0.2) is 0 Å². The summed E-state index contributed by atoms with van der Waals surface area (Å²) in [5.74, 6) is 0.563. The topological polar surface area (TPSA) is 70.6 Å². The van der Waals surface area contributed by atoms with E-state index in [4.69, 9.17) is 9.84 Å². The van der Waals surface area contributed by atoms with Crippen molar-refractivity contribution in [2.24, 2.45) is 0 Å². The van der Waals surface area contributed by atoms with Gasteiger partial charge in [-0.3, -0.25) is 5.43 Å². The Morgan fingerprint density at radius 1 is 1.11 bits per heavy atom. The Balaban J connectivity index is 2.32. The largest absolute Gasteiger partial charge is 0.495 e. The average molecular weight is 258 g/mol. The molecule has 5 heteroatoms. The van der Waals surface area contributed by atoms with E-state index in [1.807, 2.05) is 42.5 Å². The van der Waals surface area contributed by atoms with Gasteiger partial charge in [0.25, 0.3) is 0 Å². The van der Waals surface area contributed by atoms with E-state index in [0.717, 1.165) is 11.1 Å². The second-order valence-corrected chi connectivity index (χ2v) is 3.84. The normalized spacial score (nSPS) is 9.74. The van der Waals surface area contributed by atoms with Crippen LogP contribution in [0.5, 0.6) is 5.75 Å². The van der Waals surface area contributed by atoms with Crippen molar-refractivity contribution >= 4 is 11.8 Å².